The van der Waals surface area contributed by atoms with E-state index < -0.39 is 211 Å². The molecule has 0 amide bonds. The molecule has 0 atom stereocenters. The van der Waals surface area contributed by atoms with Crippen molar-refractivity contribution < 1.29 is 125 Å². The molecule has 0 aromatic heterocycles. The molecule has 0 aliphatic carbocycles. The van der Waals surface area contributed by atoms with Gasteiger partial charge in [-0.2, -0.15) is 127 Å². The molecule has 0 spiro atoms. The summed E-state index contributed by atoms with van der Waals surface area (Å²) in [6.45, 7) is 22.6. The molecular weight excluding hydrogens is 1790 g/mol. The number of hydrogen-bond acceptors (Lipinski definition) is 2. The number of alkyl halides is 24. The third-order valence-corrected chi connectivity index (χ3v) is 28.3. The molecule has 119 heavy (non-hydrogen) atoms. The minimum atomic E-state index is -6.13. The minimum Gasteiger partial charge on any atom is -0.194 e. The summed E-state index contributed by atoms with van der Waals surface area (Å²) in [4.78, 5) is 5.17. The first-order valence-corrected chi connectivity index (χ1v) is 42.4. The average Bonchev–Trinajstić information content (AvgIpc) is 0.706. The van der Waals surface area contributed by atoms with Gasteiger partial charge in [-0.3, -0.25) is 0 Å². The van der Waals surface area contributed by atoms with Gasteiger partial charge in [0.2, 0.25) is 0 Å². The number of rotatable bonds is 20. The number of para-hydroxylation sites is 2. The zero-order chi connectivity index (χ0) is 87.8. The molecule has 637 valence electrons. The van der Waals surface area contributed by atoms with Crippen molar-refractivity contribution in [2.24, 2.45) is 4.99 Å². The second-order valence-corrected chi connectivity index (χ2v) is 36.9. The quantitative estimate of drug-likeness (QED) is 0.0321. The van der Waals surface area contributed by atoms with Crippen molar-refractivity contribution in [1.29, 1.82) is 0 Å². The molecule has 2 nitrogen and oxygen atoms in total. The Balaban J connectivity index is 0.000000266. The van der Waals surface area contributed by atoms with Crippen molar-refractivity contribution in [3.8, 4) is 0 Å². The van der Waals surface area contributed by atoms with Crippen LogP contribution in [0, 0.1) is 0 Å². The molecule has 10 rings (SSSR count). The summed E-state index contributed by atoms with van der Waals surface area (Å²) in [5.74, 6) is 1.91. The Kier molecular flexibility index (Phi) is 32.5. The van der Waals surface area contributed by atoms with Crippen molar-refractivity contribution in [2.45, 2.75) is 149 Å². The Labute approximate surface area is 700 Å². The van der Waals surface area contributed by atoms with E-state index in [1.165, 1.54) is 73.6 Å². The molecule has 0 N–H and O–H groups in total. The van der Waals surface area contributed by atoms with Crippen LogP contribution in [-0.2, 0) is 68.9 Å². The third kappa shape index (κ3) is 25.1. The maximum atomic E-state index is 14.2. The standard InChI is InChI=1S/C32H12BF24.C29H41N2.C27H26P2.Ga.Rh.2H/c34-25(35,36)13-1-14(26(37,38)39)6-21(5-13)33(22-7-15(27(40,41)42)2-16(8-22)28(43,44)45,23-9-17(29(46,47)48)3-18(10-23)30(49,50)51)24-11-19(31(52,53)54)4-20(12-24)32(55,56)57;1-18(2)24-13-11-14-25(19(3)4)28(24)30-22(9)17-23(10)31-29-26(20(5)6)15-12-16-27(29)21(7)8;1-5-14-24(15-6-1)28(25-16-7-2-8-17-25)22-13-23-29(26-18-9-3-10-19-26)27-20-11-4-12-21-27;;;;/h1-12H;11-21H,1-10H3;1-12,14-21H,13,22-23H2;;;;/q2*-1;;+1;;;/p+2/b;22-17-,31-23?;;;;;. The normalized spacial score (nSPS) is 13.1. The van der Waals surface area contributed by atoms with Crippen LogP contribution in [0.15, 0.2) is 247 Å². The summed E-state index contributed by atoms with van der Waals surface area (Å²) in [7, 11) is -1.48. The number of anilines is 1. The Hall–Kier alpha value is -8.09. The maximum Gasteiger partial charge on any atom is 0.416 e. The number of halogens is 24. The smallest absolute Gasteiger partial charge is 0.194 e. The van der Waals surface area contributed by atoms with E-state index in [9.17, 15) is 105 Å². The fraction of sp³-hybridized carbons (Fsp3) is 0.284. The van der Waals surface area contributed by atoms with Crippen LogP contribution >= 0.6 is 15.8 Å². The molecule has 0 unspecified atom stereocenters. The van der Waals surface area contributed by atoms with Gasteiger partial charge in [0.15, 0.2) is 0 Å². The molecule has 0 bridgehead atoms. The molecule has 0 aliphatic rings. The summed E-state index contributed by atoms with van der Waals surface area (Å²) < 4.78 is 343. The average molecular weight is 1870 g/mol. The second kappa shape index (κ2) is 39.4. The van der Waals surface area contributed by atoms with Crippen molar-refractivity contribution >= 4 is 101 Å². The van der Waals surface area contributed by atoms with Crippen molar-refractivity contribution in [3.05, 3.63) is 309 Å². The van der Waals surface area contributed by atoms with Crippen LogP contribution in [0.2, 0.25) is 0 Å². The van der Waals surface area contributed by atoms with Crippen molar-refractivity contribution in [2.75, 3.05) is 15.9 Å². The summed E-state index contributed by atoms with van der Waals surface area (Å²) in [5.41, 5.74) is -19.7. The van der Waals surface area contributed by atoms with Gasteiger partial charge in [0.25, 0.3) is 0 Å². The van der Waals surface area contributed by atoms with Crippen molar-refractivity contribution in [1.82, 2.24) is 0 Å². The third-order valence-electron chi connectivity index (χ3n) is 20.0. The number of benzene rings is 10. The number of hydrogen-bond donors (Lipinski definition) is 0. The molecular formula is C88H83BF24GaN2P2Rh+. The topological polar surface area (TPSA) is 15.6 Å². The van der Waals surface area contributed by atoms with Crippen molar-refractivity contribution in [3.63, 3.8) is 0 Å². The predicted molar refractivity (Wildman–Crippen MR) is 432 cm³/mol. The van der Waals surface area contributed by atoms with Gasteiger partial charge in [-0.05, 0) is 72.8 Å². The first kappa shape index (κ1) is 98.0. The molecule has 10 aromatic rings. The van der Waals surface area contributed by atoms with E-state index >= 15 is 0 Å². The fourth-order valence-electron chi connectivity index (χ4n) is 14.3. The van der Waals surface area contributed by atoms with Gasteiger partial charge in [-0.1, -0.05) is 121 Å². The van der Waals surface area contributed by atoms with Gasteiger partial charge in [0.1, 0.15) is 6.15 Å². The van der Waals surface area contributed by atoms with E-state index in [4.69, 9.17) is 4.99 Å². The van der Waals surface area contributed by atoms with Crippen LogP contribution in [-0.4, -0.2) is 43.0 Å². The van der Waals surface area contributed by atoms with E-state index in [0.29, 0.717) is 42.5 Å². The predicted octanol–water partition coefficient (Wildman–Crippen LogP) is 24.5. The minimum absolute atomic E-state index is 0. The summed E-state index contributed by atoms with van der Waals surface area (Å²) in [6.07, 6.45) is -48.7. The largest absolute Gasteiger partial charge is 0.416 e. The van der Waals surface area contributed by atoms with E-state index in [1.807, 2.05) is 0 Å². The summed E-state index contributed by atoms with van der Waals surface area (Å²) in [5, 5.41) is 6.10. The first-order chi connectivity index (χ1) is 54.6. The van der Waals surface area contributed by atoms with E-state index in [0.717, 1.165) is 11.4 Å². The van der Waals surface area contributed by atoms with Gasteiger partial charge >= 0.3 is 257 Å². The van der Waals surface area contributed by atoms with Gasteiger partial charge in [-0.25, -0.2) is 0 Å². The second-order valence-electron chi connectivity index (χ2n) is 29.8. The van der Waals surface area contributed by atoms with Gasteiger partial charge < -0.3 is 0 Å². The van der Waals surface area contributed by atoms with Crippen LogP contribution in [0.3, 0.4) is 0 Å². The van der Waals surface area contributed by atoms with E-state index in [2.05, 4.69) is 237 Å². The van der Waals surface area contributed by atoms with Gasteiger partial charge in [0, 0.05) is 25.9 Å². The molecule has 1 radical (unpaired) electrons. The van der Waals surface area contributed by atoms with Gasteiger partial charge in [-0.15, -0.1) is 0 Å². The zero-order valence-corrected chi connectivity index (χ0v) is 73.7. The van der Waals surface area contributed by atoms with Crippen LogP contribution in [0.25, 0.3) is 0 Å². The Morgan fingerprint density at radius 1 is 0.328 bits per heavy atom. The molecule has 0 saturated heterocycles. The van der Waals surface area contributed by atoms with E-state index in [-0.39, 0.29) is 19.5 Å². The van der Waals surface area contributed by atoms with Crippen LogP contribution < -0.4 is 46.7 Å². The maximum absolute atomic E-state index is 14.2. The van der Waals surface area contributed by atoms with Crippen LogP contribution in [0.5, 0.6) is 0 Å². The molecule has 31 heteroatoms. The molecule has 0 fully saturated rings. The van der Waals surface area contributed by atoms with Crippen LogP contribution in [0.4, 0.5) is 117 Å². The molecule has 10 aromatic carbocycles. The molecule has 0 saturated carbocycles. The van der Waals surface area contributed by atoms with E-state index in [1.54, 1.807) is 0 Å². The van der Waals surface area contributed by atoms with Crippen LogP contribution in [0.1, 0.15) is 166 Å². The SMILES string of the molecule is CC(/C=C(/C)[N]([GaH2])c1c(C(C)C)cccc1C(C)C)=Nc1c(C(C)C)cccc1C(C)C.FC(F)(F)c1cc([B-](c2cc(C(F)(F)F)cc(C(F)(F)F)c2)(c2cc(C(F)(F)F)cc(C(F)(F)F)c2)c2cc(C(F)(F)F)cc(C(F)(F)F)c2)cc(C(F)(F)F)c1.[Rh].c1ccc([PH+](CCC[PH+](c2ccccc2)c2ccccc2)c2ccccc2)cc1. The Morgan fingerprint density at radius 2 is 0.538 bits per heavy atom. The van der Waals surface area contributed by atoms with Gasteiger partial charge in [0.05, 0.1) is 93.9 Å². The number of aliphatic imine (C=N–C) groups is 1. The Morgan fingerprint density at radius 3 is 0.739 bits per heavy atom. The monoisotopic (exact) mass is 1870 g/mol. The molecule has 0 aliphatic heterocycles. The summed E-state index contributed by atoms with van der Waals surface area (Å²) >= 11 is 0.488. The zero-order valence-electron chi connectivity index (χ0n) is 65.8. The number of allylic oxidation sites excluding steroid dienone is 2. The Bertz CT molecular complexity index is 4440. The molecule has 0 heterocycles. The summed E-state index contributed by atoms with van der Waals surface area (Å²) in [6, 6.07) is 49.2. The number of nitrogens with zero attached hydrogens (tertiary/aromatic N) is 2. The first-order valence-electron chi connectivity index (χ1n) is 37.1. The fourth-order valence-corrected chi connectivity index (χ4v) is 21.3.